The van der Waals surface area contributed by atoms with Crippen LogP contribution in [0.1, 0.15) is 46.5 Å². The van der Waals surface area contributed by atoms with Gasteiger partial charge >= 0.3 is 5.30 Å². The molecule has 0 rings (SSSR count). The van der Waals surface area contributed by atoms with E-state index in [0.29, 0.717) is 5.92 Å². The van der Waals surface area contributed by atoms with Gasteiger partial charge in [-0.15, -0.1) is 0 Å². The van der Waals surface area contributed by atoms with Crippen molar-refractivity contribution in [1.82, 2.24) is 0 Å². The van der Waals surface area contributed by atoms with Crippen LogP contribution in [0.2, 0.25) is 0 Å². The molecule has 2 nitrogen and oxygen atoms in total. The predicted octanol–water partition coefficient (Wildman–Crippen LogP) is 4.25. The zero-order valence-electron chi connectivity index (χ0n) is 9.45. The van der Waals surface area contributed by atoms with E-state index < -0.39 is 5.30 Å². The van der Waals surface area contributed by atoms with Gasteiger partial charge in [0.05, 0.1) is 0 Å². The first-order valence-electron chi connectivity index (χ1n) is 5.38. The van der Waals surface area contributed by atoms with E-state index in [4.69, 9.17) is 5.11 Å². The van der Waals surface area contributed by atoms with E-state index in [-0.39, 0.29) is 0 Å². The largest absolute Gasteiger partial charge is 0.473 e. The van der Waals surface area contributed by atoms with Gasteiger partial charge in [0.15, 0.2) is 0 Å². The van der Waals surface area contributed by atoms with Crippen LogP contribution < -0.4 is 0 Å². The van der Waals surface area contributed by atoms with Gasteiger partial charge in [0, 0.05) is 5.75 Å². The van der Waals surface area contributed by atoms with Crippen LogP contribution in [-0.2, 0) is 0 Å². The Hall–Kier alpha value is -0.180. The zero-order valence-corrected chi connectivity index (χ0v) is 10.3. The molecule has 3 heteroatoms. The van der Waals surface area contributed by atoms with Crippen LogP contribution in [0.15, 0.2) is 0 Å². The topological polar surface area (TPSA) is 37.3 Å². The Morgan fingerprint density at radius 3 is 2.36 bits per heavy atom. The van der Waals surface area contributed by atoms with Crippen LogP contribution in [0.3, 0.4) is 0 Å². The smallest absolute Gasteiger partial charge is 0.364 e. The number of thioether (sulfide) groups is 1. The van der Waals surface area contributed by atoms with Gasteiger partial charge in [-0.2, -0.15) is 0 Å². The van der Waals surface area contributed by atoms with Crippen molar-refractivity contribution >= 4 is 17.1 Å². The normalized spacial score (nSPS) is 13.1. The van der Waals surface area contributed by atoms with Crippen molar-refractivity contribution in [3.05, 3.63) is 0 Å². The number of rotatable bonds is 7. The molecule has 1 N–H and O–H groups in total. The second-order valence-electron chi connectivity index (χ2n) is 4.33. The van der Waals surface area contributed by atoms with Crippen molar-refractivity contribution < 1.29 is 9.90 Å². The highest BCUT2D eigenvalue weighted by molar-refractivity contribution is 8.13. The molecule has 0 aromatic rings. The van der Waals surface area contributed by atoms with E-state index in [1.807, 2.05) is 0 Å². The van der Waals surface area contributed by atoms with Crippen molar-refractivity contribution in [2.45, 2.75) is 46.5 Å². The summed E-state index contributed by atoms with van der Waals surface area (Å²) in [6, 6.07) is 0. The van der Waals surface area contributed by atoms with Gasteiger partial charge in [-0.05, 0) is 30.0 Å². The van der Waals surface area contributed by atoms with Crippen molar-refractivity contribution in [2.24, 2.45) is 11.8 Å². The van der Waals surface area contributed by atoms with Gasteiger partial charge < -0.3 is 5.11 Å². The van der Waals surface area contributed by atoms with Crippen molar-refractivity contribution in [3.63, 3.8) is 0 Å². The standard InChI is InChI=1S/C11H22O2S/c1-9(2)5-4-6-10(3)7-8-14-11(12)13/h9-10H,4-8H2,1-3H3,(H,12,13). The van der Waals surface area contributed by atoms with Gasteiger partial charge in [0.1, 0.15) is 0 Å². The Bertz CT molecular complexity index is 157. The molecule has 0 saturated carbocycles. The summed E-state index contributed by atoms with van der Waals surface area (Å²) in [6.07, 6.45) is 4.82. The van der Waals surface area contributed by atoms with E-state index in [2.05, 4.69) is 20.8 Å². The lowest BCUT2D eigenvalue weighted by Crippen LogP contribution is -1.99. The molecule has 0 aromatic heterocycles. The number of carbonyl (C=O) groups is 1. The van der Waals surface area contributed by atoms with Crippen molar-refractivity contribution in [3.8, 4) is 0 Å². The summed E-state index contributed by atoms with van der Waals surface area (Å²) >= 11 is 1.02. The fraction of sp³-hybridized carbons (Fsp3) is 0.909. The zero-order chi connectivity index (χ0) is 11.0. The third kappa shape index (κ3) is 9.90. The van der Waals surface area contributed by atoms with Gasteiger partial charge in [0.25, 0.3) is 0 Å². The molecule has 84 valence electrons. The molecule has 0 heterocycles. The minimum atomic E-state index is -0.751. The van der Waals surface area contributed by atoms with Gasteiger partial charge in [-0.1, -0.05) is 40.0 Å². The lowest BCUT2D eigenvalue weighted by atomic mass is 9.98. The first-order valence-corrected chi connectivity index (χ1v) is 6.36. The molecule has 1 atom stereocenters. The molecule has 0 amide bonds. The van der Waals surface area contributed by atoms with Crippen LogP contribution in [0.4, 0.5) is 4.79 Å². The van der Waals surface area contributed by atoms with Crippen LogP contribution in [0.5, 0.6) is 0 Å². The molecule has 14 heavy (non-hydrogen) atoms. The molecule has 0 saturated heterocycles. The predicted molar refractivity (Wildman–Crippen MR) is 63.0 cm³/mol. The maximum Gasteiger partial charge on any atom is 0.364 e. The van der Waals surface area contributed by atoms with Gasteiger partial charge in [-0.25, -0.2) is 4.79 Å². The van der Waals surface area contributed by atoms with Crippen LogP contribution in [0.25, 0.3) is 0 Å². The third-order valence-electron chi connectivity index (χ3n) is 2.31. The SMILES string of the molecule is CC(C)CCCC(C)CCSC(=O)O. The summed E-state index contributed by atoms with van der Waals surface area (Å²) < 4.78 is 0. The average molecular weight is 218 g/mol. The van der Waals surface area contributed by atoms with Crippen LogP contribution in [0, 0.1) is 11.8 Å². The quantitative estimate of drug-likeness (QED) is 0.694. The molecular weight excluding hydrogens is 196 g/mol. The van der Waals surface area contributed by atoms with E-state index in [9.17, 15) is 4.79 Å². The Morgan fingerprint density at radius 1 is 1.21 bits per heavy atom. The Balaban J connectivity index is 3.27. The van der Waals surface area contributed by atoms with E-state index in [1.165, 1.54) is 19.3 Å². The average Bonchev–Trinajstić information content (AvgIpc) is 2.02. The number of hydrogen-bond acceptors (Lipinski definition) is 2. The molecule has 0 aromatic carbocycles. The summed E-state index contributed by atoms with van der Waals surface area (Å²) in [4.78, 5) is 10.2. The summed E-state index contributed by atoms with van der Waals surface area (Å²) in [6.45, 7) is 6.69. The van der Waals surface area contributed by atoms with E-state index in [1.54, 1.807) is 0 Å². The van der Waals surface area contributed by atoms with Crippen molar-refractivity contribution in [1.29, 1.82) is 0 Å². The molecule has 0 radical (unpaired) electrons. The molecule has 0 bridgehead atoms. The summed E-state index contributed by atoms with van der Waals surface area (Å²) in [7, 11) is 0. The third-order valence-corrected chi connectivity index (χ3v) is 3.00. The molecule has 0 fully saturated rings. The van der Waals surface area contributed by atoms with Gasteiger partial charge in [0.2, 0.25) is 0 Å². The van der Waals surface area contributed by atoms with Crippen LogP contribution in [-0.4, -0.2) is 16.2 Å². The molecular formula is C11H22O2S. The molecule has 0 aliphatic heterocycles. The van der Waals surface area contributed by atoms with Crippen molar-refractivity contribution in [2.75, 3.05) is 5.75 Å². The molecule has 0 aliphatic carbocycles. The second kappa shape index (κ2) is 8.16. The molecule has 0 spiro atoms. The monoisotopic (exact) mass is 218 g/mol. The first kappa shape index (κ1) is 13.8. The Labute approximate surface area is 91.5 Å². The minimum Gasteiger partial charge on any atom is -0.473 e. The minimum absolute atomic E-state index is 0.667. The van der Waals surface area contributed by atoms with Crippen LogP contribution >= 0.6 is 11.8 Å². The summed E-state index contributed by atoms with van der Waals surface area (Å²) in [5.74, 6) is 2.20. The maximum atomic E-state index is 10.2. The van der Waals surface area contributed by atoms with E-state index >= 15 is 0 Å². The lowest BCUT2D eigenvalue weighted by molar-refractivity contribution is 0.222. The maximum absolute atomic E-state index is 10.2. The highest BCUT2D eigenvalue weighted by Crippen LogP contribution is 2.17. The number of hydrogen-bond donors (Lipinski definition) is 1. The highest BCUT2D eigenvalue weighted by Gasteiger charge is 2.04. The fourth-order valence-electron chi connectivity index (χ4n) is 1.37. The van der Waals surface area contributed by atoms with Gasteiger partial charge in [-0.3, -0.25) is 0 Å². The number of carboxylic acid groups (broad SMARTS) is 1. The summed E-state index contributed by atoms with van der Waals surface area (Å²) in [5, 5.41) is 7.69. The highest BCUT2D eigenvalue weighted by atomic mass is 32.2. The molecule has 0 aliphatic rings. The van der Waals surface area contributed by atoms with E-state index in [0.717, 1.165) is 29.9 Å². The second-order valence-corrected chi connectivity index (χ2v) is 5.38. The Kier molecular flexibility index (Phi) is 8.05. The Morgan fingerprint density at radius 2 is 1.86 bits per heavy atom. The first-order chi connectivity index (χ1) is 6.52. The fourth-order valence-corrected chi connectivity index (χ4v) is 2.06. The lowest BCUT2D eigenvalue weighted by Gasteiger charge is -2.10. The molecule has 1 unspecified atom stereocenters. The summed E-state index contributed by atoms with van der Waals surface area (Å²) in [5.41, 5.74) is 0.